The van der Waals surface area contributed by atoms with E-state index in [0.717, 1.165) is 37.8 Å². The van der Waals surface area contributed by atoms with Gasteiger partial charge in [0, 0.05) is 6.54 Å². The Bertz CT molecular complexity index is 358. The zero-order valence-electron chi connectivity index (χ0n) is 14.9. The number of hydrogen-bond acceptors (Lipinski definition) is 2. The lowest BCUT2D eigenvalue weighted by molar-refractivity contribution is 0.317. The van der Waals surface area contributed by atoms with Crippen molar-refractivity contribution in [3.63, 3.8) is 0 Å². The van der Waals surface area contributed by atoms with Crippen LogP contribution in [-0.2, 0) is 6.54 Å². The minimum absolute atomic E-state index is 0.800. The normalized spacial score (nSPS) is 11.1. The van der Waals surface area contributed by atoms with E-state index < -0.39 is 0 Å². The molecule has 0 saturated carbocycles. The van der Waals surface area contributed by atoms with Gasteiger partial charge < -0.3 is 10.1 Å². The molecule has 0 fully saturated rings. The Morgan fingerprint density at radius 2 is 1.64 bits per heavy atom. The molecule has 0 saturated heterocycles. The van der Waals surface area contributed by atoms with Crippen molar-refractivity contribution >= 4 is 0 Å². The largest absolute Gasteiger partial charge is 0.494 e. The average Bonchev–Trinajstić information content (AvgIpc) is 2.52. The summed E-state index contributed by atoms with van der Waals surface area (Å²) in [5, 5.41) is 3.53. The van der Waals surface area contributed by atoms with E-state index in [1.165, 1.54) is 44.1 Å². The van der Waals surface area contributed by atoms with Gasteiger partial charge in [-0.15, -0.1) is 0 Å². The number of ether oxygens (including phenoxy) is 1. The standard InChI is InChI=1S/C20H35NO/c1-4-16-22-20-13-11-19(12-14-20)17-21-15-9-7-5-6-8-10-18(2)3/h11-14,18,21H,4-10,15-17H2,1-3H3. The fraction of sp³-hybridized carbons (Fsp3) is 0.700. The van der Waals surface area contributed by atoms with Crippen molar-refractivity contribution in [2.45, 2.75) is 72.3 Å². The second kappa shape index (κ2) is 12.5. The molecule has 2 heteroatoms. The van der Waals surface area contributed by atoms with Crippen molar-refractivity contribution in [3.05, 3.63) is 29.8 Å². The highest BCUT2D eigenvalue weighted by Gasteiger charge is 1.97. The topological polar surface area (TPSA) is 21.3 Å². The zero-order valence-corrected chi connectivity index (χ0v) is 14.9. The highest BCUT2D eigenvalue weighted by molar-refractivity contribution is 5.27. The Kier molecular flexibility index (Phi) is 10.8. The average molecular weight is 306 g/mol. The molecule has 0 amide bonds. The molecule has 0 aliphatic carbocycles. The first-order chi connectivity index (χ1) is 10.7. The third-order valence-corrected chi connectivity index (χ3v) is 3.86. The van der Waals surface area contributed by atoms with Crippen LogP contribution in [0.15, 0.2) is 24.3 Å². The fourth-order valence-electron chi connectivity index (χ4n) is 2.49. The molecule has 0 aliphatic heterocycles. The summed E-state index contributed by atoms with van der Waals surface area (Å²) in [6, 6.07) is 8.45. The smallest absolute Gasteiger partial charge is 0.119 e. The van der Waals surface area contributed by atoms with Crippen molar-refractivity contribution in [1.82, 2.24) is 5.32 Å². The molecule has 0 bridgehead atoms. The van der Waals surface area contributed by atoms with Crippen molar-refractivity contribution in [3.8, 4) is 5.75 Å². The highest BCUT2D eigenvalue weighted by Crippen LogP contribution is 2.13. The Morgan fingerprint density at radius 3 is 2.32 bits per heavy atom. The second-order valence-electron chi connectivity index (χ2n) is 6.62. The summed E-state index contributed by atoms with van der Waals surface area (Å²) in [6.07, 6.45) is 9.28. The summed E-state index contributed by atoms with van der Waals surface area (Å²) in [7, 11) is 0. The molecule has 1 aromatic rings. The molecule has 0 aliphatic rings. The molecule has 0 atom stereocenters. The predicted octanol–water partition coefficient (Wildman–Crippen LogP) is 5.56. The maximum absolute atomic E-state index is 5.59. The van der Waals surface area contributed by atoms with Gasteiger partial charge in [0.25, 0.3) is 0 Å². The maximum atomic E-state index is 5.59. The van der Waals surface area contributed by atoms with Crippen LogP contribution in [-0.4, -0.2) is 13.2 Å². The van der Waals surface area contributed by atoms with Gasteiger partial charge in [0.15, 0.2) is 0 Å². The fourth-order valence-corrected chi connectivity index (χ4v) is 2.49. The Balaban J connectivity index is 1.98. The molecule has 0 unspecified atom stereocenters. The number of rotatable bonds is 13. The monoisotopic (exact) mass is 305 g/mol. The van der Waals surface area contributed by atoms with Crippen LogP contribution in [0.1, 0.15) is 71.3 Å². The van der Waals surface area contributed by atoms with Crippen molar-refractivity contribution in [1.29, 1.82) is 0 Å². The number of nitrogens with one attached hydrogen (secondary N) is 1. The first-order valence-electron chi connectivity index (χ1n) is 9.14. The SMILES string of the molecule is CCCOc1ccc(CNCCCCCCCC(C)C)cc1. The quantitative estimate of drug-likeness (QED) is 0.482. The molecule has 0 radical (unpaired) electrons. The number of unbranched alkanes of at least 4 members (excludes halogenated alkanes) is 4. The van der Waals surface area contributed by atoms with Crippen LogP contribution in [0.2, 0.25) is 0 Å². The molecule has 1 aromatic carbocycles. The first kappa shape index (κ1) is 19.0. The molecule has 0 heterocycles. The minimum Gasteiger partial charge on any atom is -0.494 e. The lowest BCUT2D eigenvalue weighted by Crippen LogP contribution is -2.14. The van der Waals surface area contributed by atoms with E-state index in [9.17, 15) is 0 Å². The summed E-state index contributed by atoms with van der Waals surface area (Å²) in [4.78, 5) is 0. The predicted molar refractivity (Wildman–Crippen MR) is 96.5 cm³/mol. The molecule has 1 N–H and O–H groups in total. The number of hydrogen-bond donors (Lipinski definition) is 1. The third kappa shape index (κ3) is 9.83. The lowest BCUT2D eigenvalue weighted by Gasteiger charge is -2.08. The molecule has 0 spiro atoms. The van der Waals surface area contributed by atoms with E-state index in [0.29, 0.717) is 0 Å². The Hall–Kier alpha value is -1.02. The molecule has 22 heavy (non-hydrogen) atoms. The van der Waals surface area contributed by atoms with Gasteiger partial charge in [0.1, 0.15) is 5.75 Å². The summed E-state index contributed by atoms with van der Waals surface area (Å²) >= 11 is 0. The Labute approximate surface area is 137 Å². The van der Waals surface area contributed by atoms with Gasteiger partial charge in [-0.2, -0.15) is 0 Å². The summed E-state index contributed by atoms with van der Waals surface area (Å²) in [5.41, 5.74) is 1.33. The number of benzene rings is 1. The molecular formula is C20H35NO. The zero-order chi connectivity index (χ0) is 16.0. The van der Waals surface area contributed by atoms with E-state index in [2.05, 4.69) is 50.4 Å². The molecule has 2 nitrogen and oxygen atoms in total. The van der Waals surface area contributed by atoms with Crippen LogP contribution < -0.4 is 10.1 Å². The van der Waals surface area contributed by atoms with Crippen LogP contribution in [0.3, 0.4) is 0 Å². The van der Waals surface area contributed by atoms with Crippen molar-refractivity contribution < 1.29 is 4.74 Å². The van der Waals surface area contributed by atoms with Crippen LogP contribution in [0.25, 0.3) is 0 Å². The highest BCUT2D eigenvalue weighted by atomic mass is 16.5. The van der Waals surface area contributed by atoms with Gasteiger partial charge in [-0.25, -0.2) is 0 Å². The molecular weight excluding hydrogens is 270 g/mol. The van der Waals surface area contributed by atoms with Crippen molar-refractivity contribution in [2.24, 2.45) is 5.92 Å². The van der Waals surface area contributed by atoms with Gasteiger partial charge in [-0.1, -0.05) is 65.0 Å². The molecule has 0 aromatic heterocycles. The van der Waals surface area contributed by atoms with E-state index in [1.54, 1.807) is 0 Å². The van der Waals surface area contributed by atoms with Crippen molar-refractivity contribution in [2.75, 3.05) is 13.2 Å². The summed E-state index contributed by atoms with van der Waals surface area (Å²) < 4.78 is 5.59. The van der Waals surface area contributed by atoms with Gasteiger partial charge in [-0.3, -0.25) is 0 Å². The van der Waals surface area contributed by atoms with E-state index in [-0.39, 0.29) is 0 Å². The van der Waals surface area contributed by atoms with Crippen LogP contribution in [0.5, 0.6) is 5.75 Å². The third-order valence-electron chi connectivity index (χ3n) is 3.86. The van der Waals surface area contributed by atoms with Gasteiger partial charge >= 0.3 is 0 Å². The van der Waals surface area contributed by atoms with Crippen LogP contribution >= 0.6 is 0 Å². The van der Waals surface area contributed by atoms with E-state index in [1.807, 2.05) is 0 Å². The molecule has 1 rings (SSSR count). The Morgan fingerprint density at radius 1 is 0.955 bits per heavy atom. The van der Waals surface area contributed by atoms with Gasteiger partial charge in [0.05, 0.1) is 6.61 Å². The van der Waals surface area contributed by atoms with E-state index in [4.69, 9.17) is 4.74 Å². The van der Waals surface area contributed by atoms with Crippen LogP contribution in [0.4, 0.5) is 0 Å². The van der Waals surface area contributed by atoms with E-state index >= 15 is 0 Å². The second-order valence-corrected chi connectivity index (χ2v) is 6.62. The van der Waals surface area contributed by atoms with Gasteiger partial charge in [0.2, 0.25) is 0 Å². The maximum Gasteiger partial charge on any atom is 0.119 e. The lowest BCUT2D eigenvalue weighted by atomic mass is 10.0. The summed E-state index contributed by atoms with van der Waals surface area (Å²) in [5.74, 6) is 1.84. The summed E-state index contributed by atoms with van der Waals surface area (Å²) in [6.45, 7) is 9.63. The first-order valence-corrected chi connectivity index (χ1v) is 9.14. The van der Waals surface area contributed by atoms with Crippen LogP contribution in [0, 0.1) is 5.92 Å². The minimum atomic E-state index is 0.800. The molecule has 126 valence electrons. The van der Waals surface area contributed by atoms with Gasteiger partial charge in [-0.05, 0) is 43.0 Å².